The predicted molar refractivity (Wildman–Crippen MR) is 99.9 cm³/mol. The Labute approximate surface area is 159 Å². The van der Waals surface area contributed by atoms with Crippen LogP contribution in [0.5, 0.6) is 0 Å². The van der Waals surface area contributed by atoms with Gasteiger partial charge in [0.05, 0.1) is 5.56 Å². The topological polar surface area (TPSA) is 36.7 Å². The molecule has 0 unspecified atom stereocenters. The van der Waals surface area contributed by atoms with Gasteiger partial charge < -0.3 is 0 Å². The van der Waals surface area contributed by atoms with Gasteiger partial charge in [0.2, 0.25) is 0 Å². The van der Waals surface area contributed by atoms with Crippen LogP contribution >= 0.6 is 46.4 Å². The van der Waals surface area contributed by atoms with Crippen molar-refractivity contribution >= 4 is 46.4 Å². The number of pyridine rings is 1. The Morgan fingerprint density at radius 1 is 0.708 bits per heavy atom. The second-order valence-electron chi connectivity index (χ2n) is 4.91. The summed E-state index contributed by atoms with van der Waals surface area (Å²) in [5.74, 6) is 0. The molecule has 1 aromatic heterocycles. The summed E-state index contributed by atoms with van der Waals surface area (Å²) in [6.07, 6.45) is 3.11. The van der Waals surface area contributed by atoms with E-state index in [1.165, 1.54) is 0 Å². The Hall–Kier alpha value is -1.76. The summed E-state index contributed by atoms with van der Waals surface area (Å²) in [5, 5.41) is 11.5. The largest absolute Gasteiger partial charge is 0.263 e. The van der Waals surface area contributed by atoms with Gasteiger partial charge in [0, 0.05) is 54.7 Å². The van der Waals surface area contributed by atoms with Crippen molar-refractivity contribution in [1.29, 1.82) is 5.26 Å². The van der Waals surface area contributed by atoms with E-state index in [-0.39, 0.29) is 0 Å². The van der Waals surface area contributed by atoms with Crippen LogP contribution in [0.2, 0.25) is 20.1 Å². The standard InChI is InChI=1S/C18H8Cl4N2/c19-13-3-1-4-14(20)17(13)11-8-24-9-12(10(11)7-23)18-15(21)5-2-6-16(18)22/h1-6,8-9H. The van der Waals surface area contributed by atoms with Crippen molar-refractivity contribution in [3.8, 4) is 28.3 Å². The quantitative estimate of drug-likeness (QED) is 0.474. The SMILES string of the molecule is N#Cc1c(-c2c(Cl)cccc2Cl)cncc1-c1c(Cl)cccc1Cl. The number of hydrogen-bond acceptors (Lipinski definition) is 2. The molecule has 0 saturated carbocycles. The lowest BCUT2D eigenvalue weighted by atomic mass is 9.95. The predicted octanol–water partition coefficient (Wildman–Crippen LogP) is 6.90. The molecule has 1 heterocycles. The minimum Gasteiger partial charge on any atom is -0.263 e. The number of nitrogens with zero attached hydrogens (tertiary/aromatic N) is 2. The molecule has 0 aliphatic carbocycles. The van der Waals surface area contributed by atoms with Crippen molar-refractivity contribution in [3.63, 3.8) is 0 Å². The lowest BCUT2D eigenvalue weighted by Gasteiger charge is -2.13. The molecule has 2 nitrogen and oxygen atoms in total. The zero-order valence-corrected chi connectivity index (χ0v) is 15.0. The number of hydrogen-bond donors (Lipinski definition) is 0. The third-order valence-corrected chi connectivity index (χ3v) is 4.78. The molecular weight excluding hydrogens is 386 g/mol. The number of nitriles is 1. The molecule has 118 valence electrons. The summed E-state index contributed by atoms with van der Waals surface area (Å²) in [7, 11) is 0. The molecule has 3 rings (SSSR count). The van der Waals surface area contributed by atoms with Crippen LogP contribution in [0.1, 0.15) is 5.56 Å². The van der Waals surface area contributed by atoms with Crippen molar-refractivity contribution in [3.05, 3.63) is 74.4 Å². The average molecular weight is 394 g/mol. The Kier molecular flexibility index (Phi) is 4.99. The van der Waals surface area contributed by atoms with Crippen molar-refractivity contribution in [1.82, 2.24) is 4.98 Å². The smallest absolute Gasteiger partial charge is 0.101 e. The van der Waals surface area contributed by atoms with E-state index in [1.807, 2.05) is 0 Å². The number of rotatable bonds is 2. The van der Waals surface area contributed by atoms with Gasteiger partial charge in [-0.15, -0.1) is 0 Å². The fourth-order valence-electron chi connectivity index (χ4n) is 2.47. The summed E-state index contributed by atoms with van der Waals surface area (Å²) in [4.78, 5) is 4.22. The molecule has 0 N–H and O–H groups in total. The fourth-order valence-corrected chi connectivity index (χ4v) is 3.67. The molecule has 2 aromatic carbocycles. The first-order valence-electron chi connectivity index (χ1n) is 6.81. The second-order valence-corrected chi connectivity index (χ2v) is 6.54. The van der Waals surface area contributed by atoms with E-state index in [4.69, 9.17) is 46.4 Å². The molecule has 0 saturated heterocycles. The Morgan fingerprint density at radius 2 is 1.08 bits per heavy atom. The highest BCUT2D eigenvalue weighted by Crippen LogP contribution is 2.42. The van der Waals surface area contributed by atoms with E-state index in [9.17, 15) is 5.26 Å². The van der Waals surface area contributed by atoms with Crippen molar-refractivity contribution in [2.45, 2.75) is 0 Å². The van der Waals surface area contributed by atoms with Crippen LogP contribution in [0.25, 0.3) is 22.3 Å². The van der Waals surface area contributed by atoms with Crippen LogP contribution < -0.4 is 0 Å². The lowest BCUT2D eigenvalue weighted by Crippen LogP contribution is -1.94. The van der Waals surface area contributed by atoms with Gasteiger partial charge in [-0.25, -0.2) is 0 Å². The fraction of sp³-hybridized carbons (Fsp3) is 0. The Bertz CT molecular complexity index is 867. The van der Waals surface area contributed by atoms with Gasteiger partial charge in [-0.05, 0) is 24.3 Å². The zero-order valence-electron chi connectivity index (χ0n) is 12.0. The first-order valence-corrected chi connectivity index (χ1v) is 8.32. The van der Waals surface area contributed by atoms with Gasteiger partial charge in [-0.2, -0.15) is 5.26 Å². The molecule has 0 bridgehead atoms. The Morgan fingerprint density at radius 3 is 1.42 bits per heavy atom. The summed E-state index contributed by atoms with van der Waals surface area (Å²) in [6.45, 7) is 0. The number of benzene rings is 2. The van der Waals surface area contributed by atoms with Crippen LogP contribution in [-0.4, -0.2) is 4.98 Å². The summed E-state index contributed by atoms with van der Waals surface area (Å²) in [5.41, 5.74) is 2.52. The maximum Gasteiger partial charge on any atom is 0.101 e. The minimum atomic E-state index is 0.356. The molecular formula is C18H8Cl4N2. The number of halogens is 4. The second kappa shape index (κ2) is 7.01. The highest BCUT2D eigenvalue weighted by molar-refractivity contribution is 6.40. The molecule has 0 atom stereocenters. The van der Waals surface area contributed by atoms with E-state index in [2.05, 4.69) is 11.1 Å². The van der Waals surface area contributed by atoms with Crippen LogP contribution in [0, 0.1) is 11.3 Å². The summed E-state index contributed by atoms with van der Waals surface area (Å²) >= 11 is 25.1. The highest BCUT2D eigenvalue weighted by atomic mass is 35.5. The molecule has 24 heavy (non-hydrogen) atoms. The summed E-state index contributed by atoms with van der Waals surface area (Å²) < 4.78 is 0. The normalized spacial score (nSPS) is 10.5. The van der Waals surface area contributed by atoms with Gasteiger partial charge >= 0.3 is 0 Å². The lowest BCUT2D eigenvalue weighted by molar-refractivity contribution is 1.31. The third-order valence-electron chi connectivity index (χ3n) is 3.52. The van der Waals surface area contributed by atoms with Crippen LogP contribution in [0.3, 0.4) is 0 Å². The molecule has 0 spiro atoms. The van der Waals surface area contributed by atoms with Gasteiger partial charge in [-0.1, -0.05) is 58.5 Å². The van der Waals surface area contributed by atoms with Crippen LogP contribution in [0.4, 0.5) is 0 Å². The van der Waals surface area contributed by atoms with Crippen molar-refractivity contribution in [2.24, 2.45) is 0 Å². The molecule has 0 aliphatic heterocycles. The molecule has 0 fully saturated rings. The molecule has 3 aromatic rings. The van der Waals surface area contributed by atoms with Gasteiger partial charge in [0.1, 0.15) is 6.07 Å². The molecule has 0 aliphatic rings. The highest BCUT2D eigenvalue weighted by Gasteiger charge is 2.19. The van der Waals surface area contributed by atoms with Crippen molar-refractivity contribution in [2.75, 3.05) is 0 Å². The maximum atomic E-state index is 9.74. The minimum absolute atomic E-state index is 0.356. The molecule has 6 heteroatoms. The van der Waals surface area contributed by atoms with E-state index in [0.29, 0.717) is 47.9 Å². The molecule has 0 radical (unpaired) electrons. The van der Waals surface area contributed by atoms with Crippen LogP contribution in [0.15, 0.2) is 48.8 Å². The van der Waals surface area contributed by atoms with E-state index < -0.39 is 0 Å². The number of aromatic nitrogens is 1. The van der Waals surface area contributed by atoms with E-state index >= 15 is 0 Å². The van der Waals surface area contributed by atoms with E-state index in [1.54, 1.807) is 48.8 Å². The average Bonchev–Trinajstić information content (AvgIpc) is 2.55. The Balaban J connectivity index is 2.36. The first kappa shape index (κ1) is 17.1. The van der Waals surface area contributed by atoms with Crippen molar-refractivity contribution < 1.29 is 0 Å². The van der Waals surface area contributed by atoms with Gasteiger partial charge in [0.15, 0.2) is 0 Å². The maximum absolute atomic E-state index is 9.74. The third kappa shape index (κ3) is 2.97. The van der Waals surface area contributed by atoms with Gasteiger partial charge in [0.25, 0.3) is 0 Å². The zero-order chi connectivity index (χ0) is 17.3. The monoisotopic (exact) mass is 392 g/mol. The first-order chi connectivity index (χ1) is 11.5. The summed E-state index contributed by atoms with van der Waals surface area (Å²) in [6, 6.07) is 12.5. The molecule has 0 amide bonds. The van der Waals surface area contributed by atoms with Gasteiger partial charge in [-0.3, -0.25) is 4.98 Å². The van der Waals surface area contributed by atoms with E-state index in [0.717, 1.165) is 0 Å². The van der Waals surface area contributed by atoms with Crippen LogP contribution in [-0.2, 0) is 0 Å².